The third-order valence-corrected chi connectivity index (χ3v) is 2.77. The summed E-state index contributed by atoms with van der Waals surface area (Å²) in [6.07, 6.45) is 1.54. The van der Waals surface area contributed by atoms with Gasteiger partial charge in [-0.25, -0.2) is 4.98 Å². The van der Waals surface area contributed by atoms with Crippen LogP contribution in [0.1, 0.15) is 16.2 Å². The Morgan fingerprint density at radius 1 is 1.38 bits per heavy atom. The highest BCUT2D eigenvalue weighted by Gasteiger charge is 2.12. The molecule has 1 N–H and O–H groups in total. The van der Waals surface area contributed by atoms with E-state index in [1.165, 1.54) is 0 Å². The largest absolute Gasteiger partial charge is 0.475 e. The zero-order valence-electron chi connectivity index (χ0n) is 12.3. The second-order valence-corrected chi connectivity index (χ2v) is 4.48. The molecule has 0 spiro atoms. The summed E-state index contributed by atoms with van der Waals surface area (Å²) in [5.41, 5.74) is 1.88. The molecule has 21 heavy (non-hydrogen) atoms. The van der Waals surface area contributed by atoms with E-state index in [-0.39, 0.29) is 5.91 Å². The van der Waals surface area contributed by atoms with Crippen molar-refractivity contribution in [3.63, 3.8) is 0 Å². The summed E-state index contributed by atoms with van der Waals surface area (Å²) >= 11 is 0. The zero-order chi connectivity index (χ0) is 15.2. The number of carbonyl (C=O) groups is 1. The summed E-state index contributed by atoms with van der Waals surface area (Å²) < 4.78 is 11.8. The van der Waals surface area contributed by atoms with E-state index in [2.05, 4.69) is 15.4 Å². The molecule has 0 saturated heterocycles. The van der Waals surface area contributed by atoms with Crippen molar-refractivity contribution in [1.82, 2.24) is 14.8 Å². The molecule has 0 aliphatic carbocycles. The van der Waals surface area contributed by atoms with Gasteiger partial charge in [-0.05, 0) is 19.1 Å². The number of rotatable bonds is 6. The molecule has 7 nitrogen and oxygen atoms in total. The van der Waals surface area contributed by atoms with E-state index in [0.717, 1.165) is 5.69 Å². The van der Waals surface area contributed by atoms with Crippen LogP contribution in [0.5, 0.6) is 5.88 Å². The minimum atomic E-state index is -0.229. The molecule has 0 aromatic carbocycles. The van der Waals surface area contributed by atoms with Crippen molar-refractivity contribution in [3.8, 4) is 5.88 Å². The number of methoxy groups -OCH3 is 1. The van der Waals surface area contributed by atoms with E-state index < -0.39 is 0 Å². The molecule has 2 heterocycles. The number of hydrogen-bond donors (Lipinski definition) is 1. The lowest BCUT2D eigenvalue weighted by Crippen LogP contribution is -2.16. The molecule has 0 unspecified atom stereocenters. The lowest BCUT2D eigenvalue weighted by molar-refractivity contribution is 0.101. The van der Waals surface area contributed by atoms with E-state index in [1.54, 1.807) is 43.2 Å². The summed E-state index contributed by atoms with van der Waals surface area (Å²) in [6, 6.07) is 5.15. The number of aryl methyl sites for hydroxylation is 2. The first-order chi connectivity index (χ1) is 10.1. The van der Waals surface area contributed by atoms with Gasteiger partial charge in [0.2, 0.25) is 5.88 Å². The molecule has 0 saturated carbocycles. The minimum absolute atomic E-state index is 0.229. The van der Waals surface area contributed by atoms with Crippen LogP contribution in [0.15, 0.2) is 24.4 Å². The standard InChI is InChI=1S/C14H18N4O3/c1-10-8-12(18(2)17-10)14(19)16-11-4-5-13(15-9-11)21-7-6-20-3/h4-5,8-9H,6-7H2,1-3H3,(H,16,19). The zero-order valence-corrected chi connectivity index (χ0v) is 12.3. The Hall–Kier alpha value is -2.41. The van der Waals surface area contributed by atoms with Gasteiger partial charge in [-0.2, -0.15) is 5.10 Å². The highest BCUT2D eigenvalue weighted by atomic mass is 16.5. The van der Waals surface area contributed by atoms with Crippen LogP contribution in [0, 0.1) is 6.92 Å². The molecule has 0 fully saturated rings. The Morgan fingerprint density at radius 2 is 2.19 bits per heavy atom. The van der Waals surface area contributed by atoms with E-state index >= 15 is 0 Å². The Bertz CT molecular complexity index is 607. The van der Waals surface area contributed by atoms with Crippen LogP contribution in [-0.4, -0.2) is 41.0 Å². The SMILES string of the molecule is COCCOc1ccc(NC(=O)c2cc(C)nn2C)cn1. The number of nitrogens with one attached hydrogen (secondary N) is 1. The Labute approximate surface area is 122 Å². The number of aromatic nitrogens is 3. The minimum Gasteiger partial charge on any atom is -0.475 e. The van der Waals surface area contributed by atoms with Crippen LogP contribution in [0.4, 0.5) is 5.69 Å². The maximum Gasteiger partial charge on any atom is 0.273 e. The van der Waals surface area contributed by atoms with Gasteiger partial charge < -0.3 is 14.8 Å². The van der Waals surface area contributed by atoms with Gasteiger partial charge in [0.05, 0.1) is 24.2 Å². The summed E-state index contributed by atoms with van der Waals surface area (Å²) in [6.45, 7) is 2.77. The van der Waals surface area contributed by atoms with Crippen molar-refractivity contribution in [2.45, 2.75) is 6.92 Å². The molecule has 2 aromatic rings. The smallest absolute Gasteiger partial charge is 0.273 e. The Kier molecular flexibility index (Phi) is 4.89. The normalized spacial score (nSPS) is 10.4. The molecular formula is C14H18N4O3. The van der Waals surface area contributed by atoms with Gasteiger partial charge in [0, 0.05) is 20.2 Å². The molecule has 0 bridgehead atoms. The number of anilines is 1. The fourth-order valence-electron chi connectivity index (χ4n) is 1.79. The van der Waals surface area contributed by atoms with Gasteiger partial charge >= 0.3 is 0 Å². The van der Waals surface area contributed by atoms with Crippen LogP contribution < -0.4 is 10.1 Å². The highest BCUT2D eigenvalue weighted by Crippen LogP contribution is 2.13. The lowest BCUT2D eigenvalue weighted by atomic mass is 10.3. The fraction of sp³-hybridized carbons (Fsp3) is 0.357. The fourth-order valence-corrected chi connectivity index (χ4v) is 1.79. The number of amides is 1. The van der Waals surface area contributed by atoms with Gasteiger partial charge in [-0.1, -0.05) is 0 Å². The lowest BCUT2D eigenvalue weighted by Gasteiger charge is -2.07. The molecule has 1 amide bonds. The van der Waals surface area contributed by atoms with Crippen LogP contribution >= 0.6 is 0 Å². The summed E-state index contributed by atoms with van der Waals surface area (Å²) in [7, 11) is 3.34. The number of ether oxygens (including phenoxy) is 2. The van der Waals surface area contributed by atoms with Crippen LogP contribution in [0.2, 0.25) is 0 Å². The van der Waals surface area contributed by atoms with Crippen molar-refractivity contribution >= 4 is 11.6 Å². The van der Waals surface area contributed by atoms with Gasteiger partial charge in [0.1, 0.15) is 12.3 Å². The third kappa shape index (κ3) is 4.03. The highest BCUT2D eigenvalue weighted by molar-refractivity contribution is 6.03. The molecule has 2 aromatic heterocycles. The van der Waals surface area contributed by atoms with Gasteiger partial charge in [-0.15, -0.1) is 0 Å². The maximum atomic E-state index is 12.1. The monoisotopic (exact) mass is 290 g/mol. The number of carbonyl (C=O) groups excluding carboxylic acids is 1. The Balaban J connectivity index is 1.96. The molecule has 0 radical (unpaired) electrons. The third-order valence-electron chi connectivity index (χ3n) is 2.77. The van der Waals surface area contributed by atoms with Crippen molar-refractivity contribution in [3.05, 3.63) is 35.8 Å². The van der Waals surface area contributed by atoms with Crippen LogP contribution in [-0.2, 0) is 11.8 Å². The van der Waals surface area contributed by atoms with Crippen LogP contribution in [0.3, 0.4) is 0 Å². The summed E-state index contributed by atoms with van der Waals surface area (Å²) in [5, 5.41) is 6.90. The van der Waals surface area contributed by atoms with Gasteiger partial charge in [-0.3, -0.25) is 9.48 Å². The number of pyridine rings is 1. The quantitative estimate of drug-likeness (QED) is 0.814. The van der Waals surface area contributed by atoms with Crippen molar-refractivity contribution in [2.24, 2.45) is 7.05 Å². The van der Waals surface area contributed by atoms with Gasteiger partial charge in [0.25, 0.3) is 5.91 Å². The van der Waals surface area contributed by atoms with E-state index in [4.69, 9.17) is 9.47 Å². The second-order valence-electron chi connectivity index (χ2n) is 4.48. The number of hydrogen-bond acceptors (Lipinski definition) is 5. The van der Waals surface area contributed by atoms with E-state index in [1.807, 2.05) is 6.92 Å². The first kappa shape index (κ1) is 15.0. The van der Waals surface area contributed by atoms with Crippen molar-refractivity contribution < 1.29 is 14.3 Å². The van der Waals surface area contributed by atoms with Gasteiger partial charge in [0.15, 0.2) is 0 Å². The predicted octanol–water partition coefficient (Wildman–Crippen LogP) is 1.40. The summed E-state index contributed by atoms with van der Waals surface area (Å²) in [5.74, 6) is 0.259. The molecule has 112 valence electrons. The predicted molar refractivity (Wildman–Crippen MR) is 77.5 cm³/mol. The number of nitrogens with zero attached hydrogens (tertiary/aromatic N) is 3. The van der Waals surface area contributed by atoms with Crippen LogP contribution in [0.25, 0.3) is 0 Å². The molecule has 2 rings (SSSR count). The molecule has 0 aliphatic heterocycles. The van der Waals surface area contributed by atoms with E-state index in [9.17, 15) is 4.79 Å². The topological polar surface area (TPSA) is 78.3 Å². The average Bonchev–Trinajstić information content (AvgIpc) is 2.80. The molecule has 0 atom stereocenters. The first-order valence-corrected chi connectivity index (χ1v) is 6.50. The first-order valence-electron chi connectivity index (χ1n) is 6.50. The molecule has 7 heteroatoms. The average molecular weight is 290 g/mol. The van der Waals surface area contributed by atoms with Crippen molar-refractivity contribution in [2.75, 3.05) is 25.6 Å². The second kappa shape index (κ2) is 6.85. The molecule has 0 aliphatic rings. The molecular weight excluding hydrogens is 272 g/mol. The maximum absolute atomic E-state index is 12.1. The van der Waals surface area contributed by atoms with Crippen molar-refractivity contribution in [1.29, 1.82) is 0 Å². The Morgan fingerprint density at radius 3 is 2.76 bits per heavy atom. The van der Waals surface area contributed by atoms with E-state index in [0.29, 0.717) is 30.5 Å². The summed E-state index contributed by atoms with van der Waals surface area (Å²) in [4.78, 5) is 16.2.